The van der Waals surface area contributed by atoms with Gasteiger partial charge >= 0.3 is 0 Å². The Labute approximate surface area is 190 Å². The Kier molecular flexibility index (Phi) is 6.59. The number of carbonyl (C=O) groups excluding carboxylic acids is 2. The van der Waals surface area contributed by atoms with Crippen LogP contribution < -0.4 is 10.7 Å². The number of nitrogens with zero attached hydrogens (tertiary/aromatic N) is 3. The van der Waals surface area contributed by atoms with Crippen LogP contribution in [-0.2, 0) is 17.8 Å². The van der Waals surface area contributed by atoms with Gasteiger partial charge in [0.05, 0.1) is 13.2 Å². The van der Waals surface area contributed by atoms with Gasteiger partial charge in [0.25, 0.3) is 11.8 Å². The van der Waals surface area contributed by atoms with E-state index in [-0.39, 0.29) is 35.6 Å². The summed E-state index contributed by atoms with van der Waals surface area (Å²) >= 11 is 0. The molecule has 1 aromatic carbocycles. The molecule has 9 nitrogen and oxygen atoms in total. The first-order valence-electron chi connectivity index (χ1n) is 10.8. The van der Waals surface area contributed by atoms with Crippen LogP contribution in [0.2, 0.25) is 0 Å². The lowest BCUT2D eigenvalue weighted by Gasteiger charge is -2.52. The zero-order valence-electron chi connectivity index (χ0n) is 18.5. The highest BCUT2D eigenvalue weighted by Crippen LogP contribution is 2.30. The van der Waals surface area contributed by atoms with Crippen molar-refractivity contribution in [3.05, 3.63) is 69.4 Å². The molecule has 0 aliphatic carbocycles. The summed E-state index contributed by atoms with van der Waals surface area (Å²) in [5.74, 6) is -1.27. The van der Waals surface area contributed by atoms with Crippen molar-refractivity contribution < 1.29 is 23.8 Å². The molecule has 0 spiro atoms. The van der Waals surface area contributed by atoms with Gasteiger partial charge in [-0.05, 0) is 24.6 Å². The fourth-order valence-electron chi connectivity index (χ4n) is 4.50. The number of fused-ring (bicyclic) bond motifs is 2. The number of methoxy groups -OCH3 is 1. The van der Waals surface area contributed by atoms with E-state index >= 15 is 0 Å². The zero-order chi connectivity index (χ0) is 23.7. The number of halogens is 1. The fraction of sp³-hybridized carbons (Fsp3) is 0.435. The van der Waals surface area contributed by atoms with Gasteiger partial charge in [0.15, 0.2) is 5.43 Å². The Hall–Kier alpha value is -3.08. The van der Waals surface area contributed by atoms with Gasteiger partial charge < -0.3 is 24.6 Å². The number of benzene rings is 1. The highest BCUT2D eigenvalue weighted by molar-refractivity contribution is 5.97. The number of nitrogens with one attached hydrogen (secondary N) is 1. The van der Waals surface area contributed by atoms with Crippen molar-refractivity contribution in [1.82, 2.24) is 19.7 Å². The maximum absolute atomic E-state index is 13.3. The van der Waals surface area contributed by atoms with Crippen molar-refractivity contribution in [3.63, 3.8) is 0 Å². The van der Waals surface area contributed by atoms with Crippen LogP contribution in [-0.4, -0.2) is 70.0 Å². The summed E-state index contributed by atoms with van der Waals surface area (Å²) in [7, 11) is 1.57. The number of hydrogen-bond donors (Lipinski definition) is 2. The molecular formula is C23H27FN4O5. The number of pyridine rings is 1. The Bertz CT molecular complexity index is 1100. The Balaban J connectivity index is 1.59. The molecule has 4 rings (SSSR count). The average molecular weight is 458 g/mol. The van der Waals surface area contributed by atoms with E-state index in [4.69, 9.17) is 4.74 Å². The molecule has 0 bridgehead atoms. The van der Waals surface area contributed by atoms with Crippen molar-refractivity contribution >= 4 is 11.8 Å². The number of amides is 2. The van der Waals surface area contributed by atoms with Gasteiger partial charge in [0.2, 0.25) is 0 Å². The fourth-order valence-corrected chi connectivity index (χ4v) is 4.50. The summed E-state index contributed by atoms with van der Waals surface area (Å²) in [4.78, 5) is 42.1. The Morgan fingerprint density at radius 2 is 2.00 bits per heavy atom. The van der Waals surface area contributed by atoms with Crippen LogP contribution in [0.15, 0.2) is 41.3 Å². The minimum atomic E-state index is -0.733. The normalized spacial score (nSPS) is 22.6. The largest absolute Gasteiger partial charge is 0.383 e. The summed E-state index contributed by atoms with van der Waals surface area (Å²) in [6.07, 6.45) is 0.618. The number of aliphatic hydroxyl groups excluding tert-OH is 1. The lowest BCUT2D eigenvalue weighted by Crippen LogP contribution is -2.67. The lowest BCUT2D eigenvalue weighted by atomic mass is 10.0. The molecule has 10 heteroatoms. The standard InChI is InChI=1S/C23H27FN4O5/c1-14-9-21(30)27(7-8-33-2)20-13-26-12-17(19(29)10-18(26)23(32)28(14)20)22(31)25-11-15-3-5-16(24)6-4-15/h3-6,10,12,14,20-21,30H,7-9,11,13H2,1-2H3,(H,25,31). The SMILES string of the molecule is COCCN1C(O)CC(C)N2C(=O)c3cc(=O)c(C(=O)NCc4ccc(F)cc4)cn3CC12. The molecule has 2 aromatic rings. The third kappa shape index (κ3) is 4.54. The second-order valence-electron chi connectivity index (χ2n) is 8.39. The minimum Gasteiger partial charge on any atom is -0.383 e. The van der Waals surface area contributed by atoms with E-state index < -0.39 is 23.7 Å². The minimum absolute atomic E-state index is 0.0880. The van der Waals surface area contributed by atoms with Crippen LogP contribution in [0.25, 0.3) is 0 Å². The van der Waals surface area contributed by atoms with E-state index in [0.717, 1.165) is 0 Å². The van der Waals surface area contributed by atoms with Crippen molar-refractivity contribution in [3.8, 4) is 0 Å². The smallest absolute Gasteiger partial charge is 0.272 e. The first-order valence-corrected chi connectivity index (χ1v) is 10.8. The third-order valence-corrected chi connectivity index (χ3v) is 6.22. The number of ether oxygens (including phenoxy) is 1. The summed E-state index contributed by atoms with van der Waals surface area (Å²) in [5, 5.41) is 13.3. The molecule has 2 aliphatic heterocycles. The van der Waals surface area contributed by atoms with Crippen LogP contribution in [0.3, 0.4) is 0 Å². The van der Waals surface area contributed by atoms with Crippen LogP contribution >= 0.6 is 0 Å². The second-order valence-corrected chi connectivity index (χ2v) is 8.39. The van der Waals surface area contributed by atoms with Gasteiger partial charge in [0, 0.05) is 44.9 Å². The lowest BCUT2D eigenvalue weighted by molar-refractivity contribution is -0.137. The van der Waals surface area contributed by atoms with Crippen molar-refractivity contribution in [2.75, 3.05) is 20.3 Å². The van der Waals surface area contributed by atoms with Gasteiger partial charge in [0.1, 0.15) is 29.5 Å². The highest BCUT2D eigenvalue weighted by atomic mass is 19.1. The van der Waals surface area contributed by atoms with Gasteiger partial charge in [-0.1, -0.05) is 12.1 Å². The van der Waals surface area contributed by atoms with Crippen molar-refractivity contribution in [1.29, 1.82) is 0 Å². The highest BCUT2D eigenvalue weighted by Gasteiger charge is 2.45. The number of carbonyl (C=O) groups is 2. The number of aliphatic hydroxyl groups is 1. The van der Waals surface area contributed by atoms with E-state index in [9.17, 15) is 23.9 Å². The molecule has 33 heavy (non-hydrogen) atoms. The van der Waals surface area contributed by atoms with Gasteiger partial charge in [-0.3, -0.25) is 19.3 Å². The van der Waals surface area contributed by atoms with Crippen molar-refractivity contribution in [2.45, 2.75) is 44.9 Å². The topological polar surface area (TPSA) is 104 Å². The molecule has 176 valence electrons. The van der Waals surface area contributed by atoms with Gasteiger partial charge in [-0.2, -0.15) is 0 Å². The summed E-state index contributed by atoms with van der Waals surface area (Å²) in [5.41, 5.74) is 0.259. The van der Waals surface area contributed by atoms with E-state index in [1.807, 2.05) is 6.92 Å². The van der Waals surface area contributed by atoms with Crippen LogP contribution in [0.4, 0.5) is 4.39 Å². The van der Waals surface area contributed by atoms with Crippen LogP contribution in [0, 0.1) is 5.82 Å². The molecule has 2 amide bonds. The third-order valence-electron chi connectivity index (χ3n) is 6.22. The summed E-state index contributed by atoms with van der Waals surface area (Å²) in [6, 6.07) is 6.67. The first-order chi connectivity index (χ1) is 15.8. The maximum Gasteiger partial charge on any atom is 0.272 e. The van der Waals surface area contributed by atoms with Gasteiger partial charge in [-0.25, -0.2) is 4.39 Å². The molecule has 3 unspecified atom stereocenters. The molecule has 1 fully saturated rings. The molecule has 2 aliphatic rings. The summed E-state index contributed by atoms with van der Waals surface area (Å²) in [6.45, 7) is 3.11. The number of hydrogen-bond acceptors (Lipinski definition) is 6. The number of aromatic nitrogens is 1. The molecule has 1 saturated heterocycles. The van der Waals surface area contributed by atoms with E-state index in [1.54, 1.807) is 33.6 Å². The van der Waals surface area contributed by atoms with Crippen molar-refractivity contribution in [2.24, 2.45) is 0 Å². The zero-order valence-corrected chi connectivity index (χ0v) is 18.5. The predicted molar refractivity (Wildman–Crippen MR) is 117 cm³/mol. The molecule has 3 heterocycles. The molecule has 1 aromatic heterocycles. The second kappa shape index (κ2) is 9.42. The molecule has 0 radical (unpaired) electrons. The van der Waals surface area contributed by atoms with Crippen LogP contribution in [0.1, 0.15) is 39.8 Å². The Morgan fingerprint density at radius 3 is 2.70 bits per heavy atom. The molecular weight excluding hydrogens is 431 g/mol. The molecule has 3 atom stereocenters. The molecule has 2 N–H and O–H groups in total. The van der Waals surface area contributed by atoms with Crippen LogP contribution in [0.5, 0.6) is 0 Å². The quantitative estimate of drug-likeness (QED) is 0.663. The first kappa shape index (κ1) is 23.1. The molecule has 0 saturated carbocycles. The summed E-state index contributed by atoms with van der Waals surface area (Å²) < 4.78 is 19.8. The Morgan fingerprint density at radius 1 is 1.27 bits per heavy atom. The maximum atomic E-state index is 13.3. The van der Waals surface area contributed by atoms with E-state index in [1.165, 1.54) is 24.4 Å². The van der Waals surface area contributed by atoms with E-state index in [0.29, 0.717) is 31.7 Å². The monoisotopic (exact) mass is 458 g/mol. The average Bonchev–Trinajstić information content (AvgIpc) is 2.78. The number of rotatable bonds is 6. The van der Waals surface area contributed by atoms with Gasteiger partial charge in [-0.15, -0.1) is 0 Å². The van der Waals surface area contributed by atoms with E-state index in [2.05, 4.69) is 5.32 Å². The predicted octanol–water partition coefficient (Wildman–Crippen LogP) is 0.758.